The minimum absolute atomic E-state index is 0.0263. The molecule has 0 spiro atoms. The standard InChI is InChI=1S/C30H29NO8/c1-4-13-38-21-12-11-18(15-23(21)36-5-2)26-25(28(33)30(34)31(26)17-20-9-7-14-37-20)27(32)24-16-19-8-6-10-22(35-3)29(19)39-24/h6-12,14-16,26,33H,4-5,13,17H2,1-3H3. The highest BCUT2D eigenvalue weighted by Gasteiger charge is 2.45. The molecule has 3 heterocycles. The van der Waals surface area contributed by atoms with E-state index in [1.54, 1.807) is 54.6 Å². The highest BCUT2D eigenvalue weighted by molar-refractivity contribution is 6.16. The number of nitrogens with zero attached hydrogens (tertiary/aromatic N) is 1. The van der Waals surface area contributed by atoms with Gasteiger partial charge in [-0.1, -0.05) is 25.1 Å². The Hall–Kier alpha value is -4.66. The SMILES string of the molecule is CCCOc1ccc(C2C(C(=O)c3cc4cccc(OC)c4o3)=C(O)C(=O)N2Cc2ccco2)cc1OCC. The lowest BCUT2D eigenvalue weighted by atomic mass is 9.94. The third-order valence-corrected chi connectivity index (χ3v) is 6.45. The number of ketones is 1. The van der Waals surface area contributed by atoms with Crippen LogP contribution >= 0.6 is 0 Å². The molecule has 0 saturated carbocycles. The third-order valence-electron chi connectivity index (χ3n) is 6.45. The number of hydrogen-bond donors (Lipinski definition) is 1. The molecular weight excluding hydrogens is 502 g/mol. The number of ether oxygens (including phenoxy) is 3. The largest absolute Gasteiger partial charge is 0.503 e. The lowest BCUT2D eigenvalue weighted by Gasteiger charge is -2.26. The maximum Gasteiger partial charge on any atom is 0.290 e. The predicted octanol–water partition coefficient (Wildman–Crippen LogP) is 6.00. The normalized spacial score (nSPS) is 15.3. The molecule has 2 aromatic carbocycles. The van der Waals surface area contributed by atoms with Crippen molar-refractivity contribution >= 4 is 22.7 Å². The van der Waals surface area contributed by atoms with Gasteiger partial charge in [0.2, 0.25) is 5.78 Å². The number of benzene rings is 2. The van der Waals surface area contributed by atoms with E-state index in [2.05, 4.69) is 0 Å². The van der Waals surface area contributed by atoms with E-state index in [-0.39, 0.29) is 17.9 Å². The molecule has 202 valence electrons. The predicted molar refractivity (Wildman–Crippen MR) is 142 cm³/mol. The van der Waals surface area contributed by atoms with Crippen molar-refractivity contribution in [2.75, 3.05) is 20.3 Å². The number of carbonyl (C=O) groups excluding carboxylic acids is 2. The molecule has 0 fully saturated rings. The minimum atomic E-state index is -0.940. The van der Waals surface area contributed by atoms with Gasteiger partial charge in [0.05, 0.1) is 44.7 Å². The highest BCUT2D eigenvalue weighted by Crippen LogP contribution is 2.43. The summed E-state index contributed by atoms with van der Waals surface area (Å²) in [4.78, 5) is 28.7. The number of fused-ring (bicyclic) bond motifs is 1. The molecule has 1 N–H and O–H groups in total. The van der Waals surface area contributed by atoms with Gasteiger partial charge in [0.1, 0.15) is 5.76 Å². The lowest BCUT2D eigenvalue weighted by molar-refractivity contribution is -0.130. The second-order valence-corrected chi connectivity index (χ2v) is 8.98. The van der Waals surface area contributed by atoms with Gasteiger partial charge in [0.15, 0.2) is 34.4 Å². The molecule has 0 saturated heterocycles. The topological polar surface area (TPSA) is 112 Å². The van der Waals surface area contributed by atoms with Crippen molar-refractivity contribution in [3.05, 3.63) is 89.3 Å². The first-order valence-corrected chi connectivity index (χ1v) is 12.7. The van der Waals surface area contributed by atoms with E-state index >= 15 is 0 Å². The Morgan fingerprint density at radius 2 is 1.87 bits per heavy atom. The van der Waals surface area contributed by atoms with Crippen LogP contribution < -0.4 is 14.2 Å². The van der Waals surface area contributed by atoms with Crippen molar-refractivity contribution in [3.8, 4) is 17.2 Å². The van der Waals surface area contributed by atoms with E-state index in [0.717, 1.165) is 6.42 Å². The van der Waals surface area contributed by atoms with E-state index in [4.69, 9.17) is 23.0 Å². The number of carbonyl (C=O) groups is 2. The average molecular weight is 532 g/mol. The molecule has 39 heavy (non-hydrogen) atoms. The molecule has 2 aromatic heterocycles. The average Bonchev–Trinajstić information content (AvgIpc) is 3.68. The van der Waals surface area contributed by atoms with Crippen molar-refractivity contribution in [2.24, 2.45) is 0 Å². The van der Waals surface area contributed by atoms with Gasteiger partial charge in [-0.15, -0.1) is 0 Å². The summed E-state index contributed by atoms with van der Waals surface area (Å²) in [7, 11) is 1.51. The Bertz CT molecular complexity index is 1530. The van der Waals surface area contributed by atoms with E-state index in [9.17, 15) is 14.7 Å². The van der Waals surface area contributed by atoms with Gasteiger partial charge in [-0.2, -0.15) is 0 Å². The zero-order chi connectivity index (χ0) is 27.5. The number of methoxy groups -OCH3 is 1. The lowest BCUT2D eigenvalue weighted by Crippen LogP contribution is -2.30. The number of aliphatic hydroxyl groups excluding tert-OH is 1. The molecule has 1 amide bonds. The first-order valence-electron chi connectivity index (χ1n) is 12.7. The quantitative estimate of drug-likeness (QED) is 0.235. The molecular formula is C30H29NO8. The summed E-state index contributed by atoms with van der Waals surface area (Å²) in [5, 5.41) is 11.7. The van der Waals surface area contributed by atoms with Crippen molar-refractivity contribution in [1.29, 1.82) is 0 Å². The molecule has 0 radical (unpaired) electrons. The van der Waals surface area contributed by atoms with Gasteiger partial charge < -0.3 is 33.1 Å². The van der Waals surface area contributed by atoms with Crippen LogP contribution in [0, 0.1) is 0 Å². The van der Waals surface area contributed by atoms with Crippen molar-refractivity contribution in [2.45, 2.75) is 32.9 Å². The van der Waals surface area contributed by atoms with Crippen molar-refractivity contribution < 1.29 is 37.7 Å². The van der Waals surface area contributed by atoms with E-state index in [1.807, 2.05) is 13.8 Å². The van der Waals surface area contributed by atoms with Crippen molar-refractivity contribution in [3.63, 3.8) is 0 Å². The first-order chi connectivity index (χ1) is 19.0. The first kappa shape index (κ1) is 26.0. The summed E-state index contributed by atoms with van der Waals surface area (Å²) >= 11 is 0. The number of para-hydroxylation sites is 1. The zero-order valence-corrected chi connectivity index (χ0v) is 21.9. The number of furan rings is 2. The molecule has 1 aliphatic heterocycles. The number of aliphatic hydroxyl groups is 1. The monoisotopic (exact) mass is 531 g/mol. The van der Waals surface area contributed by atoms with Crippen molar-refractivity contribution in [1.82, 2.24) is 4.90 Å². The smallest absolute Gasteiger partial charge is 0.290 e. The van der Waals surface area contributed by atoms with Gasteiger partial charge >= 0.3 is 0 Å². The van der Waals surface area contributed by atoms with Crippen LogP contribution in [0.3, 0.4) is 0 Å². The van der Waals surface area contributed by atoms with Gasteiger partial charge in [-0.25, -0.2) is 0 Å². The van der Waals surface area contributed by atoms with Crippen LogP contribution in [0.5, 0.6) is 17.2 Å². The number of Topliss-reactive ketones (excluding diaryl/α,β-unsaturated/α-hetero) is 1. The van der Waals surface area contributed by atoms with Gasteiger partial charge in [-0.3, -0.25) is 9.59 Å². The Kier molecular flexibility index (Phi) is 7.31. The number of rotatable bonds is 11. The Morgan fingerprint density at radius 1 is 1.03 bits per heavy atom. The van der Waals surface area contributed by atoms with E-state index < -0.39 is 23.5 Å². The molecule has 0 bridgehead atoms. The van der Waals surface area contributed by atoms with Crippen LogP contribution in [0.15, 0.2) is 81.0 Å². The molecule has 1 atom stereocenters. The summed E-state index contributed by atoms with van der Waals surface area (Å²) < 4.78 is 28.4. The molecule has 4 aromatic rings. The minimum Gasteiger partial charge on any atom is -0.503 e. The van der Waals surface area contributed by atoms with Crippen LogP contribution in [0.4, 0.5) is 0 Å². The fourth-order valence-electron chi connectivity index (χ4n) is 4.70. The van der Waals surface area contributed by atoms with Gasteiger partial charge in [0.25, 0.3) is 5.91 Å². The Morgan fingerprint density at radius 3 is 2.59 bits per heavy atom. The maximum absolute atomic E-state index is 13.9. The van der Waals surface area contributed by atoms with E-state index in [0.29, 0.717) is 52.8 Å². The second kappa shape index (κ2) is 11.0. The number of hydrogen-bond acceptors (Lipinski definition) is 8. The zero-order valence-electron chi connectivity index (χ0n) is 21.9. The van der Waals surface area contributed by atoms with Crippen LogP contribution in [0.2, 0.25) is 0 Å². The van der Waals surface area contributed by atoms with Crippen LogP contribution in [-0.2, 0) is 11.3 Å². The van der Waals surface area contributed by atoms with Crippen LogP contribution in [0.1, 0.15) is 48.2 Å². The Labute approximate surface area is 225 Å². The molecule has 1 unspecified atom stereocenters. The highest BCUT2D eigenvalue weighted by atomic mass is 16.5. The summed E-state index contributed by atoms with van der Waals surface area (Å²) in [6.45, 7) is 4.79. The molecule has 1 aliphatic rings. The fourth-order valence-corrected chi connectivity index (χ4v) is 4.70. The van der Waals surface area contributed by atoms with Crippen LogP contribution in [0.25, 0.3) is 11.0 Å². The third kappa shape index (κ3) is 4.83. The summed E-state index contributed by atoms with van der Waals surface area (Å²) in [5.74, 6) is 0.00162. The Balaban J connectivity index is 1.61. The molecule has 9 heteroatoms. The summed E-state index contributed by atoms with van der Waals surface area (Å²) in [6.07, 6.45) is 2.32. The van der Waals surface area contributed by atoms with Gasteiger partial charge in [0, 0.05) is 5.39 Å². The molecule has 9 nitrogen and oxygen atoms in total. The fraction of sp³-hybridized carbons (Fsp3) is 0.267. The van der Waals surface area contributed by atoms with Gasteiger partial charge in [-0.05, 0) is 55.3 Å². The van der Waals surface area contributed by atoms with E-state index in [1.165, 1.54) is 18.3 Å². The summed E-state index contributed by atoms with van der Waals surface area (Å²) in [6, 6.07) is 14.6. The molecule has 0 aliphatic carbocycles. The maximum atomic E-state index is 13.9. The molecule has 5 rings (SSSR count). The summed E-state index contributed by atoms with van der Waals surface area (Å²) in [5.41, 5.74) is 0.852. The number of amides is 1. The van der Waals surface area contributed by atoms with Crippen LogP contribution in [-0.4, -0.2) is 42.0 Å². The second-order valence-electron chi connectivity index (χ2n) is 8.98.